The van der Waals surface area contributed by atoms with Crippen LogP contribution < -0.4 is 4.90 Å². The van der Waals surface area contributed by atoms with E-state index in [1.807, 2.05) is 0 Å². The van der Waals surface area contributed by atoms with Crippen LogP contribution in [0.5, 0.6) is 0 Å². The summed E-state index contributed by atoms with van der Waals surface area (Å²) in [6.45, 7) is 4.06. The first-order valence-electron chi connectivity index (χ1n) is 7.57. The molecule has 20 heavy (non-hydrogen) atoms. The highest BCUT2D eigenvalue weighted by Gasteiger charge is 2.25. The first-order chi connectivity index (χ1) is 9.75. The van der Waals surface area contributed by atoms with Crippen LogP contribution in [0.3, 0.4) is 0 Å². The molecule has 0 unspecified atom stereocenters. The van der Waals surface area contributed by atoms with Crippen LogP contribution in [0.2, 0.25) is 0 Å². The van der Waals surface area contributed by atoms with Crippen LogP contribution in [0, 0.1) is 0 Å². The lowest BCUT2D eigenvalue weighted by Crippen LogP contribution is -2.40. The Labute approximate surface area is 121 Å². The van der Waals surface area contributed by atoms with E-state index in [1.165, 1.54) is 24.1 Å². The van der Waals surface area contributed by atoms with Crippen molar-refractivity contribution in [2.75, 3.05) is 45.3 Å². The predicted octanol–water partition coefficient (Wildman–Crippen LogP) is 1.12. The highest BCUT2D eigenvalue weighted by atomic mass is 16.5. The number of anilines is 1. The SMILES string of the molecule is CN(C)c1ncnc2c1CCN(C1CCOCC1)CC2. The Hall–Kier alpha value is -1.20. The van der Waals surface area contributed by atoms with E-state index in [2.05, 4.69) is 33.9 Å². The van der Waals surface area contributed by atoms with Crippen molar-refractivity contribution in [3.8, 4) is 0 Å². The van der Waals surface area contributed by atoms with E-state index in [9.17, 15) is 0 Å². The number of ether oxygens (including phenoxy) is 1. The summed E-state index contributed by atoms with van der Waals surface area (Å²) in [5.74, 6) is 1.09. The number of aromatic nitrogens is 2. The van der Waals surface area contributed by atoms with Gasteiger partial charge in [-0.25, -0.2) is 9.97 Å². The largest absolute Gasteiger partial charge is 0.381 e. The molecule has 5 heteroatoms. The average molecular weight is 276 g/mol. The zero-order valence-electron chi connectivity index (χ0n) is 12.5. The standard InChI is InChI=1S/C15H24N4O/c1-18(2)15-13-3-7-19(12-5-9-20-10-6-12)8-4-14(13)16-11-17-15/h11-12H,3-10H2,1-2H3. The molecule has 2 aliphatic rings. The van der Waals surface area contributed by atoms with Crippen LogP contribution in [0.1, 0.15) is 24.1 Å². The van der Waals surface area contributed by atoms with Gasteiger partial charge in [-0.05, 0) is 19.3 Å². The van der Waals surface area contributed by atoms with Gasteiger partial charge in [0.15, 0.2) is 0 Å². The lowest BCUT2D eigenvalue weighted by atomic mass is 10.1. The van der Waals surface area contributed by atoms with E-state index in [0.717, 1.165) is 45.0 Å². The Morgan fingerprint density at radius 1 is 1.15 bits per heavy atom. The number of nitrogens with zero attached hydrogens (tertiary/aromatic N) is 4. The minimum Gasteiger partial charge on any atom is -0.381 e. The quantitative estimate of drug-likeness (QED) is 0.810. The molecule has 2 aliphatic heterocycles. The van der Waals surface area contributed by atoms with Crippen LogP contribution in [0.25, 0.3) is 0 Å². The molecule has 0 atom stereocenters. The van der Waals surface area contributed by atoms with Crippen molar-refractivity contribution in [1.82, 2.24) is 14.9 Å². The summed E-state index contributed by atoms with van der Waals surface area (Å²) in [6.07, 6.45) is 6.14. The van der Waals surface area contributed by atoms with E-state index < -0.39 is 0 Å². The number of rotatable bonds is 2. The highest BCUT2D eigenvalue weighted by molar-refractivity contribution is 5.48. The fourth-order valence-electron chi connectivity index (χ4n) is 3.33. The maximum Gasteiger partial charge on any atom is 0.134 e. The molecule has 1 saturated heterocycles. The van der Waals surface area contributed by atoms with Crippen molar-refractivity contribution in [3.63, 3.8) is 0 Å². The third-order valence-electron chi connectivity index (χ3n) is 4.43. The Morgan fingerprint density at radius 3 is 2.65 bits per heavy atom. The minimum atomic E-state index is 0.689. The lowest BCUT2D eigenvalue weighted by Gasteiger charge is -2.33. The normalized spacial score (nSPS) is 21.3. The van der Waals surface area contributed by atoms with Gasteiger partial charge in [0, 0.05) is 58.4 Å². The van der Waals surface area contributed by atoms with Gasteiger partial charge in [0.1, 0.15) is 12.1 Å². The van der Waals surface area contributed by atoms with E-state index in [4.69, 9.17) is 4.74 Å². The maximum atomic E-state index is 5.48. The predicted molar refractivity (Wildman–Crippen MR) is 79.2 cm³/mol. The van der Waals surface area contributed by atoms with Crippen LogP contribution in [-0.4, -0.2) is 61.3 Å². The monoisotopic (exact) mass is 276 g/mol. The average Bonchev–Trinajstić information content (AvgIpc) is 2.70. The molecule has 0 saturated carbocycles. The summed E-state index contributed by atoms with van der Waals surface area (Å²) in [6, 6.07) is 0.689. The summed E-state index contributed by atoms with van der Waals surface area (Å²) in [4.78, 5) is 13.7. The zero-order valence-corrected chi connectivity index (χ0v) is 12.5. The molecule has 0 bridgehead atoms. The van der Waals surface area contributed by atoms with Crippen molar-refractivity contribution in [3.05, 3.63) is 17.6 Å². The lowest BCUT2D eigenvalue weighted by molar-refractivity contribution is 0.0355. The third-order valence-corrected chi connectivity index (χ3v) is 4.43. The molecule has 1 fully saturated rings. The Balaban J connectivity index is 1.76. The van der Waals surface area contributed by atoms with Crippen molar-refractivity contribution < 1.29 is 4.74 Å². The van der Waals surface area contributed by atoms with Gasteiger partial charge in [-0.15, -0.1) is 0 Å². The summed E-state index contributed by atoms with van der Waals surface area (Å²) in [5, 5.41) is 0. The van der Waals surface area contributed by atoms with Crippen molar-refractivity contribution in [2.24, 2.45) is 0 Å². The van der Waals surface area contributed by atoms with Crippen LogP contribution in [-0.2, 0) is 17.6 Å². The Bertz CT molecular complexity index is 457. The number of fused-ring (bicyclic) bond motifs is 1. The van der Waals surface area contributed by atoms with Crippen LogP contribution >= 0.6 is 0 Å². The number of hydrogen-bond donors (Lipinski definition) is 0. The van der Waals surface area contributed by atoms with E-state index in [-0.39, 0.29) is 0 Å². The maximum absolute atomic E-state index is 5.48. The topological polar surface area (TPSA) is 41.5 Å². The van der Waals surface area contributed by atoms with Gasteiger partial charge >= 0.3 is 0 Å². The molecule has 1 aromatic rings. The Morgan fingerprint density at radius 2 is 1.90 bits per heavy atom. The van der Waals surface area contributed by atoms with Crippen molar-refractivity contribution in [1.29, 1.82) is 0 Å². The Kier molecular flexibility index (Phi) is 4.17. The summed E-state index contributed by atoms with van der Waals surface area (Å²) in [5.41, 5.74) is 2.57. The van der Waals surface area contributed by atoms with Gasteiger partial charge in [0.25, 0.3) is 0 Å². The van der Waals surface area contributed by atoms with Crippen LogP contribution in [0.4, 0.5) is 5.82 Å². The van der Waals surface area contributed by atoms with Crippen molar-refractivity contribution >= 4 is 5.82 Å². The van der Waals surface area contributed by atoms with Gasteiger partial charge in [-0.1, -0.05) is 0 Å². The molecule has 0 aliphatic carbocycles. The van der Waals surface area contributed by atoms with Gasteiger partial charge < -0.3 is 9.64 Å². The molecule has 0 spiro atoms. The molecule has 110 valence electrons. The second kappa shape index (κ2) is 6.06. The molecule has 0 N–H and O–H groups in total. The smallest absolute Gasteiger partial charge is 0.134 e. The van der Waals surface area contributed by atoms with Gasteiger partial charge in [0.05, 0.1) is 5.69 Å². The molecular formula is C15H24N4O. The second-order valence-electron chi connectivity index (χ2n) is 5.90. The molecule has 3 heterocycles. The molecule has 0 aromatic carbocycles. The number of hydrogen-bond acceptors (Lipinski definition) is 5. The van der Waals surface area contributed by atoms with E-state index >= 15 is 0 Å². The van der Waals surface area contributed by atoms with E-state index in [1.54, 1.807) is 6.33 Å². The summed E-state index contributed by atoms with van der Waals surface area (Å²) >= 11 is 0. The summed E-state index contributed by atoms with van der Waals surface area (Å²) < 4.78 is 5.48. The van der Waals surface area contributed by atoms with Crippen molar-refractivity contribution in [2.45, 2.75) is 31.7 Å². The van der Waals surface area contributed by atoms with Gasteiger partial charge in [0.2, 0.25) is 0 Å². The second-order valence-corrected chi connectivity index (χ2v) is 5.90. The van der Waals surface area contributed by atoms with Gasteiger partial charge in [-0.2, -0.15) is 0 Å². The highest BCUT2D eigenvalue weighted by Crippen LogP contribution is 2.24. The third kappa shape index (κ3) is 2.79. The fraction of sp³-hybridized carbons (Fsp3) is 0.733. The van der Waals surface area contributed by atoms with E-state index in [0.29, 0.717) is 6.04 Å². The first kappa shape index (κ1) is 13.8. The van der Waals surface area contributed by atoms with Gasteiger partial charge in [-0.3, -0.25) is 4.90 Å². The first-order valence-corrected chi connectivity index (χ1v) is 7.57. The minimum absolute atomic E-state index is 0.689. The fourth-order valence-corrected chi connectivity index (χ4v) is 3.33. The molecule has 0 amide bonds. The molecule has 5 nitrogen and oxygen atoms in total. The van der Waals surface area contributed by atoms with Crippen LogP contribution in [0.15, 0.2) is 6.33 Å². The molecule has 3 rings (SSSR count). The molecular weight excluding hydrogens is 252 g/mol. The summed E-state index contributed by atoms with van der Waals surface area (Å²) in [7, 11) is 4.12. The zero-order chi connectivity index (χ0) is 13.9. The molecule has 0 radical (unpaired) electrons. The molecule has 1 aromatic heterocycles.